The first-order valence-corrected chi connectivity index (χ1v) is 18.7. The van der Waals surface area contributed by atoms with Crippen LogP contribution in [0.25, 0.3) is 44.2 Å². The van der Waals surface area contributed by atoms with Crippen molar-refractivity contribution in [1.29, 1.82) is 0 Å². The van der Waals surface area contributed by atoms with Gasteiger partial charge in [0.25, 0.3) is 0 Å². The quantitative estimate of drug-likeness (QED) is 0.0928. The van der Waals surface area contributed by atoms with Crippen LogP contribution < -0.4 is 14.7 Å². The molecular weight excluding hydrogens is 615 g/mol. The van der Waals surface area contributed by atoms with Crippen LogP contribution in [-0.4, -0.2) is 68.6 Å². The van der Waals surface area contributed by atoms with Crippen LogP contribution >= 0.6 is 0 Å². The molecule has 0 saturated carbocycles. The highest BCUT2D eigenvalue weighted by Gasteiger charge is 2.23. The zero-order valence-corrected chi connectivity index (χ0v) is 31.8. The average Bonchev–Trinajstić information content (AvgIpc) is 3.18. The van der Waals surface area contributed by atoms with Crippen molar-refractivity contribution in [2.75, 3.05) is 52.4 Å². The third-order valence-electron chi connectivity index (χ3n) is 10.9. The van der Waals surface area contributed by atoms with E-state index in [1.165, 1.54) is 61.3 Å². The molecule has 5 rings (SSSR count). The summed E-state index contributed by atoms with van der Waals surface area (Å²) in [5, 5.41) is 25.2. The maximum Gasteiger partial charge on any atom is 0.133 e. The Bertz CT molecular complexity index is 1630. The van der Waals surface area contributed by atoms with Gasteiger partial charge in [-0.05, 0) is 83.0 Å². The molecule has 0 amide bonds. The van der Waals surface area contributed by atoms with Gasteiger partial charge < -0.3 is 23.7 Å². The lowest BCUT2D eigenvalue weighted by Crippen LogP contribution is -2.50. The van der Waals surface area contributed by atoms with E-state index < -0.39 is 7.32 Å². The van der Waals surface area contributed by atoms with Crippen molar-refractivity contribution < 1.29 is 23.7 Å². The molecule has 0 unspecified atom stereocenters. The number of rotatable bonds is 13. The molecule has 0 radical (unpaired) electrons. The summed E-state index contributed by atoms with van der Waals surface area (Å²) in [7, 11) is -2.44. The van der Waals surface area contributed by atoms with Crippen LogP contribution in [0, 0.1) is 0 Å². The number of nitrogens with zero attached hydrogens (tertiary/aromatic N) is 2. The van der Waals surface area contributed by atoms with Crippen molar-refractivity contribution in [3.05, 3.63) is 115 Å². The molecule has 0 atom stereocenters. The van der Waals surface area contributed by atoms with Gasteiger partial charge in [-0.2, -0.15) is 0 Å². The molecule has 50 heavy (non-hydrogen) atoms. The van der Waals surface area contributed by atoms with Crippen LogP contribution in [0.1, 0.15) is 55.4 Å². The summed E-state index contributed by atoms with van der Waals surface area (Å²) in [6.07, 6.45) is 0. The first-order chi connectivity index (χ1) is 24.2. The van der Waals surface area contributed by atoms with Crippen molar-refractivity contribution in [3.63, 3.8) is 0 Å². The highest BCUT2D eigenvalue weighted by molar-refractivity contribution is 6.31. The minimum Gasteiger partial charge on any atom is -0.860 e. The predicted octanol–water partition coefficient (Wildman–Crippen LogP) is 8.69. The average molecular weight is 675 g/mol. The van der Waals surface area contributed by atoms with Crippen molar-refractivity contribution in [2.24, 2.45) is 0 Å². The molecule has 0 bridgehead atoms. The highest BCUT2D eigenvalue weighted by atomic mass is 16.6. The Kier molecular flexibility index (Phi) is 16.2. The van der Waals surface area contributed by atoms with Crippen molar-refractivity contribution in [3.8, 4) is 39.1 Å². The molecule has 6 heteroatoms. The third-order valence-corrected chi connectivity index (χ3v) is 10.9. The lowest BCUT2D eigenvalue weighted by molar-refractivity contribution is -0.921. The smallest absolute Gasteiger partial charge is 0.133 e. The molecule has 5 nitrogen and oxygen atoms in total. The Hall–Kier alpha value is -3.94. The van der Waals surface area contributed by atoms with Gasteiger partial charge in [-0.1, -0.05) is 115 Å². The van der Waals surface area contributed by atoms with E-state index in [1.54, 1.807) is 0 Å². The molecule has 5 aromatic carbocycles. The first-order valence-electron chi connectivity index (χ1n) is 18.7. The summed E-state index contributed by atoms with van der Waals surface area (Å²) in [5.74, 6) is 0.320. The van der Waals surface area contributed by atoms with Gasteiger partial charge in [-0.15, -0.1) is 0 Å². The number of hydrogen-bond donors (Lipinski definition) is 0. The topological polar surface area (TPSA) is 55.3 Å². The van der Waals surface area contributed by atoms with Gasteiger partial charge in [0, 0.05) is 16.5 Å². The van der Waals surface area contributed by atoms with Crippen molar-refractivity contribution in [2.45, 2.75) is 55.4 Å². The van der Waals surface area contributed by atoms with E-state index in [9.17, 15) is 10.0 Å². The van der Waals surface area contributed by atoms with Gasteiger partial charge in [0.05, 0.1) is 52.4 Å². The molecule has 0 aliphatic rings. The number of hydrogen-bond acceptors (Lipinski definition) is 3. The van der Waals surface area contributed by atoms with Gasteiger partial charge in [0.15, 0.2) is 0 Å². The molecular formula is C44H59BN2O3. The van der Waals surface area contributed by atoms with E-state index in [1.807, 2.05) is 103 Å². The van der Waals surface area contributed by atoms with Crippen LogP contribution in [-0.2, 0) is 0 Å². The Labute approximate surface area is 303 Å². The molecule has 0 heterocycles. The summed E-state index contributed by atoms with van der Waals surface area (Å²) in [6.45, 7) is 28.4. The Morgan fingerprint density at radius 3 is 1.02 bits per heavy atom. The Morgan fingerprint density at radius 1 is 0.400 bits per heavy atom. The monoisotopic (exact) mass is 674 g/mol. The van der Waals surface area contributed by atoms with Crippen LogP contribution in [0.15, 0.2) is 115 Å². The lowest BCUT2D eigenvalue weighted by Gasteiger charge is -2.34. The Morgan fingerprint density at radius 2 is 0.700 bits per heavy atom. The summed E-state index contributed by atoms with van der Waals surface area (Å²) in [4.78, 5) is 0. The molecule has 0 fully saturated rings. The molecule has 266 valence electrons. The number of benzene rings is 5. The van der Waals surface area contributed by atoms with Gasteiger partial charge in [-0.25, -0.2) is 0 Å². The molecule has 0 saturated heterocycles. The summed E-state index contributed by atoms with van der Waals surface area (Å²) < 4.78 is 8.01. The van der Waals surface area contributed by atoms with Gasteiger partial charge in [0.1, 0.15) is 13.1 Å². The van der Waals surface area contributed by atoms with E-state index >= 15 is 0 Å². The summed E-state index contributed by atoms with van der Waals surface area (Å²) in [5.41, 5.74) is 5.61. The van der Waals surface area contributed by atoms with Crippen molar-refractivity contribution >= 4 is 18.1 Å². The SMILES string of the molecule is CC[N+](CC)(CC)CC.CC[N+](CC)(CC)CC.[O-]B([O-])Oc1c(-c2ccccc2)c(-c2ccccc2)c(-c2ccccc2)c2ccccc12. The second-order valence-electron chi connectivity index (χ2n) is 12.7. The van der Waals surface area contributed by atoms with E-state index in [2.05, 4.69) is 67.5 Å². The first kappa shape index (κ1) is 40.5. The minimum absolute atomic E-state index is 0.320. The maximum absolute atomic E-state index is 11.7. The number of fused-ring (bicyclic) bond motifs is 1. The third kappa shape index (κ3) is 9.85. The molecule has 0 aromatic heterocycles. The number of quaternary nitrogens is 2. The van der Waals surface area contributed by atoms with Gasteiger partial charge in [-0.3, -0.25) is 0 Å². The largest absolute Gasteiger partial charge is 0.860 e. The standard InChI is InChI=1S/C28H19BO3.2C8H20N/c30-29(31)32-28-24-19-11-10-18-23(24)25(20-12-4-1-5-13-20)26(21-14-6-2-7-15-21)27(28)22-16-8-3-9-17-22;2*1-5-9(6-2,7-3)8-4/h1-19H;2*5-8H2,1-4H3/q-2;2*+1. The molecule has 0 aliphatic carbocycles. The molecule has 0 N–H and O–H groups in total. The second-order valence-corrected chi connectivity index (χ2v) is 12.7. The predicted molar refractivity (Wildman–Crippen MR) is 211 cm³/mol. The normalized spacial score (nSPS) is 11.2. The molecule has 5 aromatic rings. The van der Waals surface area contributed by atoms with Crippen LogP contribution in [0.2, 0.25) is 0 Å². The molecule has 0 aliphatic heterocycles. The minimum atomic E-state index is -2.44. The second kappa shape index (κ2) is 20.0. The fraction of sp³-hybridized carbons (Fsp3) is 0.364. The zero-order valence-electron chi connectivity index (χ0n) is 31.8. The fourth-order valence-electron chi connectivity index (χ4n) is 6.99. The van der Waals surface area contributed by atoms with Crippen molar-refractivity contribution in [1.82, 2.24) is 0 Å². The maximum atomic E-state index is 11.7. The summed E-state index contributed by atoms with van der Waals surface area (Å²) in [6, 6.07) is 37.7. The van der Waals surface area contributed by atoms with E-state index in [0.29, 0.717) is 5.75 Å². The highest BCUT2D eigenvalue weighted by Crippen LogP contribution is 2.50. The van der Waals surface area contributed by atoms with Gasteiger partial charge in [0.2, 0.25) is 0 Å². The molecule has 0 spiro atoms. The van der Waals surface area contributed by atoms with Crippen LogP contribution in [0.4, 0.5) is 0 Å². The van der Waals surface area contributed by atoms with Crippen LogP contribution in [0.3, 0.4) is 0 Å². The summed E-state index contributed by atoms with van der Waals surface area (Å²) >= 11 is 0. The van der Waals surface area contributed by atoms with Gasteiger partial charge >= 0.3 is 0 Å². The van der Waals surface area contributed by atoms with Crippen LogP contribution in [0.5, 0.6) is 5.75 Å². The zero-order chi connectivity index (χ0) is 36.6. The van der Waals surface area contributed by atoms with E-state index in [-0.39, 0.29) is 0 Å². The lowest BCUT2D eigenvalue weighted by atomic mass is 9.83. The Balaban J connectivity index is 0.000000311. The van der Waals surface area contributed by atoms with E-state index in [4.69, 9.17) is 4.65 Å². The fourth-order valence-corrected chi connectivity index (χ4v) is 6.99. The van der Waals surface area contributed by atoms with E-state index in [0.717, 1.165) is 44.2 Å².